The molecule has 4 aliphatic rings. The molecule has 0 spiro atoms. The largest absolute Gasteiger partial charge is 0.323 e. The third-order valence-electron chi connectivity index (χ3n) is 4.54. The molecule has 4 rings (SSSR count). The van der Waals surface area contributed by atoms with Crippen LogP contribution in [-0.4, -0.2) is 97.3 Å². The van der Waals surface area contributed by atoms with Crippen molar-refractivity contribution in [1.29, 1.82) is 0 Å². The molecule has 22 heavy (non-hydrogen) atoms. The van der Waals surface area contributed by atoms with Crippen LogP contribution >= 0.6 is 0 Å². The molecule has 0 saturated carbocycles. The highest BCUT2D eigenvalue weighted by atomic mass is 16.8. The minimum Gasteiger partial charge on any atom is -0.319 e. The van der Waals surface area contributed by atoms with Gasteiger partial charge in [0.15, 0.2) is 24.9 Å². The molecule has 0 bridgehead atoms. The number of carbonyl (C=O) groups is 2. The second-order valence-electron chi connectivity index (χ2n) is 5.85. The van der Waals surface area contributed by atoms with Gasteiger partial charge in [-0.05, 0) is 0 Å². The first-order valence-electron chi connectivity index (χ1n) is 7.01. The van der Waals surface area contributed by atoms with Crippen LogP contribution in [0.15, 0.2) is 0 Å². The van der Waals surface area contributed by atoms with Gasteiger partial charge in [0.1, 0.15) is 0 Å². The Morgan fingerprint density at radius 3 is 1.05 bits per heavy atom. The number of carbonyl (C=O) groups excluding carboxylic acids is 2. The Balaban J connectivity index is 1.46. The third kappa shape index (κ3) is 1.63. The highest BCUT2D eigenvalue weighted by molar-refractivity contribution is 5.77. The second-order valence-corrected chi connectivity index (χ2v) is 5.85. The average molecular weight is 314 g/mol. The van der Waals surface area contributed by atoms with Crippen molar-refractivity contribution in [3.63, 3.8) is 0 Å². The van der Waals surface area contributed by atoms with Gasteiger partial charge < -0.3 is 18.9 Å². The predicted octanol–water partition coefficient (Wildman–Crippen LogP) is -0.969. The Bertz CT molecular complexity index is 446. The van der Waals surface area contributed by atoms with E-state index in [0.717, 1.165) is 0 Å². The van der Waals surface area contributed by atoms with Crippen LogP contribution < -0.4 is 0 Å². The minimum absolute atomic E-state index is 0.163. The monoisotopic (exact) mass is 314 g/mol. The number of rotatable bonds is 1. The number of nitrogens with zero attached hydrogens (tertiary/aromatic N) is 4. The summed E-state index contributed by atoms with van der Waals surface area (Å²) in [7, 11) is 6.61. The van der Waals surface area contributed by atoms with Crippen LogP contribution in [0.4, 0.5) is 9.59 Å². The van der Waals surface area contributed by atoms with Crippen molar-refractivity contribution in [2.75, 3.05) is 28.2 Å². The van der Waals surface area contributed by atoms with E-state index < -0.39 is 37.5 Å². The Morgan fingerprint density at radius 1 is 0.591 bits per heavy atom. The van der Waals surface area contributed by atoms with Crippen molar-refractivity contribution in [3.8, 4) is 0 Å². The topological polar surface area (TPSA) is 84.0 Å². The van der Waals surface area contributed by atoms with E-state index >= 15 is 0 Å². The van der Waals surface area contributed by atoms with Crippen molar-refractivity contribution < 1.29 is 28.5 Å². The van der Waals surface area contributed by atoms with Gasteiger partial charge in [-0.25, -0.2) is 9.59 Å². The van der Waals surface area contributed by atoms with Gasteiger partial charge in [0.05, 0.1) is 0 Å². The molecule has 4 saturated heterocycles. The highest BCUT2D eigenvalue weighted by Crippen LogP contribution is 2.37. The average Bonchev–Trinajstić information content (AvgIpc) is 3.21. The van der Waals surface area contributed by atoms with Crippen LogP contribution in [0.3, 0.4) is 0 Å². The van der Waals surface area contributed by atoms with Crippen molar-refractivity contribution in [3.05, 3.63) is 0 Å². The lowest BCUT2D eigenvalue weighted by molar-refractivity contribution is -0.240. The number of fused-ring (bicyclic) bond motifs is 2. The summed E-state index contributed by atoms with van der Waals surface area (Å²) >= 11 is 0. The maximum absolute atomic E-state index is 11.8. The van der Waals surface area contributed by atoms with E-state index in [0.29, 0.717) is 0 Å². The molecular formula is C12H18N4O6. The first-order valence-corrected chi connectivity index (χ1v) is 7.01. The molecule has 4 aliphatic heterocycles. The summed E-state index contributed by atoms with van der Waals surface area (Å²) in [5.74, 6) is 0. The van der Waals surface area contributed by atoms with E-state index in [1.807, 2.05) is 0 Å². The molecule has 0 aromatic carbocycles. The van der Waals surface area contributed by atoms with Crippen molar-refractivity contribution in [1.82, 2.24) is 19.6 Å². The number of likely N-dealkylation sites (N-methyl/N-ethyl adjacent to an activating group) is 4. The van der Waals surface area contributed by atoms with E-state index in [1.165, 1.54) is 19.6 Å². The van der Waals surface area contributed by atoms with Gasteiger partial charge in [-0.3, -0.25) is 19.6 Å². The molecule has 4 amide bonds. The molecule has 0 aromatic heterocycles. The van der Waals surface area contributed by atoms with Crippen molar-refractivity contribution >= 4 is 12.1 Å². The fourth-order valence-electron chi connectivity index (χ4n) is 3.20. The third-order valence-corrected chi connectivity index (χ3v) is 4.54. The van der Waals surface area contributed by atoms with Gasteiger partial charge in [0.2, 0.25) is 12.6 Å². The zero-order chi connectivity index (χ0) is 15.8. The normalized spacial score (nSPS) is 44.4. The van der Waals surface area contributed by atoms with Gasteiger partial charge in [0.25, 0.3) is 0 Å². The summed E-state index contributed by atoms with van der Waals surface area (Å²) in [6.07, 6.45) is -3.48. The van der Waals surface area contributed by atoms with Crippen molar-refractivity contribution in [2.45, 2.75) is 37.5 Å². The molecule has 10 nitrogen and oxygen atoms in total. The molecule has 4 heterocycles. The molecule has 10 heteroatoms. The molecule has 0 aromatic rings. The van der Waals surface area contributed by atoms with Gasteiger partial charge in [0, 0.05) is 28.2 Å². The van der Waals surface area contributed by atoms with E-state index in [2.05, 4.69) is 0 Å². The van der Waals surface area contributed by atoms with Crippen LogP contribution in [0.5, 0.6) is 0 Å². The molecule has 0 aliphatic carbocycles. The molecule has 4 atom stereocenters. The Kier molecular flexibility index (Phi) is 2.83. The van der Waals surface area contributed by atoms with E-state index in [4.69, 9.17) is 18.9 Å². The Morgan fingerprint density at radius 2 is 0.818 bits per heavy atom. The smallest absolute Gasteiger partial charge is 0.319 e. The maximum Gasteiger partial charge on any atom is 0.323 e. The standard InChI is InChI=1S/C12H18N4O6/c1-13-5-6(14(2)11(13)17)20-9(19-5)10-21-7-8(22-10)16(4)12(18)15(7)3/h5-10H,1-4H3. The summed E-state index contributed by atoms with van der Waals surface area (Å²) in [6, 6.07) is -0.327. The number of urea groups is 2. The zero-order valence-corrected chi connectivity index (χ0v) is 12.7. The molecular weight excluding hydrogens is 296 g/mol. The summed E-state index contributed by atoms with van der Waals surface area (Å²) in [4.78, 5) is 29.5. The minimum atomic E-state index is -0.754. The van der Waals surface area contributed by atoms with E-state index in [-0.39, 0.29) is 12.1 Å². The fraction of sp³-hybridized carbons (Fsp3) is 0.833. The Hall–Kier alpha value is -1.62. The molecule has 122 valence electrons. The van der Waals surface area contributed by atoms with Gasteiger partial charge >= 0.3 is 12.1 Å². The Labute approximate surface area is 127 Å². The molecule has 4 unspecified atom stereocenters. The lowest BCUT2D eigenvalue weighted by atomic mass is 10.5. The van der Waals surface area contributed by atoms with Crippen LogP contribution in [-0.2, 0) is 18.9 Å². The van der Waals surface area contributed by atoms with Gasteiger partial charge in [-0.15, -0.1) is 0 Å². The number of ether oxygens (including phenoxy) is 4. The van der Waals surface area contributed by atoms with E-state index in [1.54, 1.807) is 28.2 Å². The number of amides is 4. The maximum atomic E-state index is 11.8. The second kappa shape index (κ2) is 4.44. The predicted molar refractivity (Wildman–Crippen MR) is 68.9 cm³/mol. The first-order chi connectivity index (χ1) is 10.4. The fourth-order valence-corrected chi connectivity index (χ4v) is 3.20. The lowest BCUT2D eigenvalue weighted by Gasteiger charge is -2.24. The van der Waals surface area contributed by atoms with Crippen LogP contribution in [0.25, 0.3) is 0 Å². The van der Waals surface area contributed by atoms with Crippen molar-refractivity contribution in [2.24, 2.45) is 0 Å². The summed E-state index contributed by atoms with van der Waals surface area (Å²) in [6.45, 7) is 0. The summed E-state index contributed by atoms with van der Waals surface area (Å²) in [5, 5.41) is 0. The zero-order valence-electron chi connectivity index (χ0n) is 12.7. The van der Waals surface area contributed by atoms with Gasteiger partial charge in [-0.2, -0.15) is 0 Å². The number of hydrogen-bond donors (Lipinski definition) is 0. The summed E-state index contributed by atoms with van der Waals surface area (Å²) < 4.78 is 23.0. The van der Waals surface area contributed by atoms with Crippen LogP contribution in [0, 0.1) is 0 Å². The van der Waals surface area contributed by atoms with Crippen LogP contribution in [0.2, 0.25) is 0 Å². The molecule has 4 fully saturated rings. The first kappa shape index (κ1) is 14.0. The van der Waals surface area contributed by atoms with E-state index in [9.17, 15) is 9.59 Å². The SMILES string of the molecule is CN1C(=O)N(C)C2OC(C3OC4C(O3)N(C)C(=O)N4C)OC21. The number of hydrogen-bond acceptors (Lipinski definition) is 6. The molecule has 0 N–H and O–H groups in total. The lowest BCUT2D eigenvalue weighted by Crippen LogP contribution is -2.40. The van der Waals surface area contributed by atoms with Gasteiger partial charge in [-0.1, -0.05) is 0 Å². The molecule has 0 radical (unpaired) electrons. The van der Waals surface area contributed by atoms with Crippen LogP contribution in [0.1, 0.15) is 0 Å². The summed E-state index contributed by atoms with van der Waals surface area (Å²) in [5.41, 5.74) is 0. The quantitative estimate of drug-likeness (QED) is 0.619. The highest BCUT2D eigenvalue weighted by Gasteiger charge is 2.58.